The molecule has 0 N–H and O–H groups in total. The number of benzene rings is 1. The summed E-state index contributed by atoms with van der Waals surface area (Å²) in [5, 5.41) is 11.6. The molecule has 2 bridgehead atoms. The van der Waals surface area contributed by atoms with Crippen LogP contribution in [0.15, 0.2) is 48.7 Å². The molecule has 6 rings (SSSR count). The van der Waals surface area contributed by atoms with Gasteiger partial charge in [-0.3, -0.25) is 9.59 Å². The second-order valence-corrected chi connectivity index (χ2v) is 8.94. The second-order valence-electron chi connectivity index (χ2n) is 7.75. The van der Waals surface area contributed by atoms with Crippen molar-refractivity contribution < 1.29 is 9.59 Å². The number of pyridine rings is 1. The summed E-state index contributed by atoms with van der Waals surface area (Å²) in [6.45, 7) is 0. The lowest BCUT2D eigenvalue weighted by Gasteiger charge is -2.43. The third-order valence-electron chi connectivity index (χ3n) is 6.68. The average molecular weight is 407 g/mol. The molecule has 2 aromatic heterocycles. The quantitative estimate of drug-likeness (QED) is 0.407. The van der Waals surface area contributed by atoms with Crippen LogP contribution in [-0.4, -0.2) is 25.7 Å². The van der Waals surface area contributed by atoms with E-state index in [1.165, 1.54) is 0 Å². The van der Waals surface area contributed by atoms with Gasteiger partial charge >= 0.3 is 0 Å². The molecule has 2 heterocycles. The minimum atomic E-state index is -1.55. The van der Waals surface area contributed by atoms with Gasteiger partial charge in [0.15, 0.2) is 11.6 Å². The van der Waals surface area contributed by atoms with E-state index in [2.05, 4.69) is 6.07 Å². The van der Waals surface area contributed by atoms with Gasteiger partial charge in [0, 0.05) is 23.4 Å². The zero-order valence-electron chi connectivity index (χ0n) is 14.4. The number of hydrogen-bond donors (Lipinski definition) is 0. The molecule has 136 valence electrons. The van der Waals surface area contributed by atoms with Crippen LogP contribution in [0.5, 0.6) is 0 Å². The SMILES string of the molecule is N#Cc1c2c(c3c4ccccc4ccn13)C(=O)C1(Cl)[C@H]3C=C[C@H](C3)C1(Cl)C2=O. The average Bonchev–Trinajstić information content (AvgIpc) is 3.38. The summed E-state index contributed by atoms with van der Waals surface area (Å²) < 4.78 is 1.62. The topological polar surface area (TPSA) is 62.3 Å². The largest absolute Gasteiger partial charge is 0.306 e. The number of alkyl halides is 2. The monoisotopic (exact) mass is 406 g/mol. The van der Waals surface area contributed by atoms with E-state index in [0.717, 1.165) is 10.8 Å². The Hall–Kier alpha value is -2.61. The van der Waals surface area contributed by atoms with E-state index in [1.54, 1.807) is 10.6 Å². The Labute approximate surface area is 169 Å². The van der Waals surface area contributed by atoms with Crippen molar-refractivity contribution in [1.29, 1.82) is 5.26 Å². The third-order valence-corrected chi connectivity index (χ3v) is 8.28. The fourth-order valence-electron chi connectivity index (χ4n) is 5.43. The van der Waals surface area contributed by atoms with Gasteiger partial charge in [0.25, 0.3) is 0 Å². The van der Waals surface area contributed by atoms with Gasteiger partial charge in [-0.2, -0.15) is 5.26 Å². The summed E-state index contributed by atoms with van der Waals surface area (Å²) in [5.74, 6) is -1.38. The first kappa shape index (κ1) is 16.4. The number of nitrogens with zero attached hydrogens (tertiary/aromatic N) is 2. The van der Waals surface area contributed by atoms with Crippen molar-refractivity contribution in [2.45, 2.75) is 16.2 Å². The fourth-order valence-corrected chi connectivity index (χ4v) is 6.39. The van der Waals surface area contributed by atoms with Crippen molar-refractivity contribution in [3.8, 4) is 6.07 Å². The number of nitriles is 1. The molecular formula is C22H12Cl2N2O2. The van der Waals surface area contributed by atoms with Crippen molar-refractivity contribution in [2.24, 2.45) is 11.8 Å². The lowest BCUT2D eigenvalue weighted by molar-refractivity contribution is 0.0779. The number of carbonyl (C=O) groups is 2. The first-order chi connectivity index (χ1) is 13.4. The van der Waals surface area contributed by atoms with E-state index in [0.29, 0.717) is 11.9 Å². The van der Waals surface area contributed by atoms with Gasteiger partial charge in [0.05, 0.1) is 16.6 Å². The number of carbonyl (C=O) groups excluding carboxylic acids is 2. The van der Waals surface area contributed by atoms with E-state index >= 15 is 0 Å². The minimum Gasteiger partial charge on any atom is -0.306 e. The Balaban J connectivity index is 1.83. The fraction of sp³-hybridized carbons (Fsp3) is 0.227. The molecule has 0 aliphatic heterocycles. The Morgan fingerprint density at radius 2 is 1.64 bits per heavy atom. The predicted octanol–water partition coefficient (Wildman–Crippen LogP) is 4.50. The van der Waals surface area contributed by atoms with Gasteiger partial charge in [-0.1, -0.05) is 36.4 Å². The lowest BCUT2D eigenvalue weighted by Crippen LogP contribution is -2.62. The maximum Gasteiger partial charge on any atom is 0.190 e. The van der Waals surface area contributed by atoms with Crippen LogP contribution in [0.1, 0.15) is 32.8 Å². The highest BCUT2D eigenvalue weighted by atomic mass is 35.5. The van der Waals surface area contributed by atoms with E-state index < -0.39 is 15.5 Å². The van der Waals surface area contributed by atoms with Gasteiger partial charge in [-0.25, -0.2) is 0 Å². The molecule has 0 amide bonds. The van der Waals surface area contributed by atoms with Crippen LogP contribution in [0.2, 0.25) is 0 Å². The molecule has 1 saturated carbocycles. The Morgan fingerprint density at radius 3 is 2.32 bits per heavy atom. The molecule has 0 radical (unpaired) electrons. The molecule has 0 spiro atoms. The molecule has 1 fully saturated rings. The summed E-state index contributed by atoms with van der Waals surface area (Å²) >= 11 is 13.8. The summed E-state index contributed by atoms with van der Waals surface area (Å²) in [7, 11) is 0. The molecule has 3 aromatic rings. The van der Waals surface area contributed by atoms with Crippen LogP contribution >= 0.6 is 23.2 Å². The summed E-state index contributed by atoms with van der Waals surface area (Å²) in [5.41, 5.74) is 1.02. The first-order valence-electron chi connectivity index (χ1n) is 9.06. The standard InChI is InChI=1S/C22H12Cl2N2O2/c23-21-12-5-6-13(9-12)22(21,24)20(28)17-16(19(21)27)15(10-25)26-8-7-11-3-1-2-4-14(11)18(17)26/h1-8,12-13H,9H2/t12-,13+,21?,22?/m1/s1. The smallest absolute Gasteiger partial charge is 0.190 e. The van der Waals surface area contributed by atoms with Crippen molar-refractivity contribution in [2.75, 3.05) is 0 Å². The molecule has 4 nitrogen and oxygen atoms in total. The van der Waals surface area contributed by atoms with Crippen LogP contribution in [-0.2, 0) is 0 Å². The van der Waals surface area contributed by atoms with Gasteiger partial charge in [-0.15, -0.1) is 23.2 Å². The maximum absolute atomic E-state index is 13.8. The summed E-state index contributed by atoms with van der Waals surface area (Å²) in [4.78, 5) is 24.4. The Bertz CT molecular complexity index is 1350. The molecule has 0 saturated heterocycles. The third kappa shape index (κ3) is 1.47. The van der Waals surface area contributed by atoms with E-state index in [1.807, 2.05) is 42.5 Å². The van der Waals surface area contributed by atoms with Crippen LogP contribution < -0.4 is 0 Å². The van der Waals surface area contributed by atoms with Crippen molar-refractivity contribution in [1.82, 2.24) is 4.40 Å². The molecule has 28 heavy (non-hydrogen) atoms. The molecule has 6 heteroatoms. The predicted molar refractivity (Wildman–Crippen MR) is 106 cm³/mol. The van der Waals surface area contributed by atoms with Crippen molar-refractivity contribution >= 4 is 51.1 Å². The minimum absolute atomic E-state index is 0.107. The van der Waals surface area contributed by atoms with Crippen molar-refractivity contribution in [3.05, 3.63) is 65.5 Å². The normalized spacial score (nSPS) is 32.8. The Morgan fingerprint density at radius 1 is 1.00 bits per heavy atom. The molecular weight excluding hydrogens is 395 g/mol. The molecule has 1 aromatic carbocycles. The van der Waals surface area contributed by atoms with Crippen LogP contribution in [0.4, 0.5) is 0 Å². The van der Waals surface area contributed by atoms with Crippen LogP contribution in [0.25, 0.3) is 16.3 Å². The molecule has 3 aliphatic rings. The number of rotatable bonds is 0. The number of aromatic nitrogens is 1. The van der Waals surface area contributed by atoms with E-state index in [-0.39, 0.29) is 34.4 Å². The number of halogens is 2. The van der Waals surface area contributed by atoms with Crippen molar-refractivity contribution in [3.63, 3.8) is 0 Å². The van der Waals surface area contributed by atoms with Crippen LogP contribution in [0.3, 0.4) is 0 Å². The highest BCUT2D eigenvalue weighted by molar-refractivity contribution is 6.56. The zero-order valence-corrected chi connectivity index (χ0v) is 16.0. The number of fused-ring (bicyclic) bond motifs is 10. The van der Waals surface area contributed by atoms with Gasteiger partial charge in [0.2, 0.25) is 0 Å². The van der Waals surface area contributed by atoms with E-state index in [4.69, 9.17) is 23.2 Å². The second kappa shape index (κ2) is 4.86. The Kier molecular flexibility index (Phi) is 2.84. The molecule has 2 unspecified atom stereocenters. The lowest BCUT2D eigenvalue weighted by atomic mass is 9.68. The van der Waals surface area contributed by atoms with Crippen LogP contribution in [0, 0.1) is 23.2 Å². The summed E-state index contributed by atoms with van der Waals surface area (Å²) in [6, 6.07) is 11.6. The highest BCUT2D eigenvalue weighted by Gasteiger charge is 2.74. The van der Waals surface area contributed by atoms with E-state index in [9.17, 15) is 14.9 Å². The molecule has 3 aliphatic carbocycles. The highest BCUT2D eigenvalue weighted by Crippen LogP contribution is 2.64. The summed E-state index contributed by atoms with van der Waals surface area (Å²) in [6.07, 6.45) is 6.07. The first-order valence-corrected chi connectivity index (χ1v) is 9.81. The van der Waals surface area contributed by atoms with Gasteiger partial charge in [-0.05, 0) is 17.9 Å². The zero-order chi connectivity index (χ0) is 19.4. The van der Waals surface area contributed by atoms with Gasteiger partial charge in [0.1, 0.15) is 21.5 Å². The number of ketones is 2. The molecule has 4 atom stereocenters. The number of allylic oxidation sites excluding steroid dienone is 2. The maximum atomic E-state index is 13.8. The number of Topliss-reactive ketones (excluding diaryl/α,β-unsaturated/α-hetero) is 2. The van der Waals surface area contributed by atoms with Gasteiger partial charge < -0.3 is 4.40 Å². The number of hydrogen-bond acceptors (Lipinski definition) is 3.